The number of hydrogen-bond donors (Lipinski definition) is 0. The third-order valence-corrected chi connectivity index (χ3v) is 14.3. The summed E-state index contributed by atoms with van der Waals surface area (Å²) >= 11 is 0. The highest BCUT2D eigenvalue weighted by Gasteiger charge is 2.23. The van der Waals surface area contributed by atoms with Crippen LogP contribution in [0.2, 0.25) is 0 Å². The molecule has 0 unspecified atom stereocenters. The molecule has 2 nitrogen and oxygen atoms in total. The monoisotopic (exact) mass is 809 g/mol. The van der Waals surface area contributed by atoms with Gasteiger partial charge >= 0.3 is 0 Å². The summed E-state index contributed by atoms with van der Waals surface area (Å²) in [5.41, 5.74) is 15.4. The van der Waals surface area contributed by atoms with Crippen molar-refractivity contribution in [2.45, 2.75) is 0 Å². The first-order chi connectivity index (χ1) is 31.7. The molecule has 0 spiro atoms. The van der Waals surface area contributed by atoms with Crippen LogP contribution in [0.1, 0.15) is 0 Å². The third-order valence-electron chi connectivity index (χ3n) is 14.3. The Hall–Kier alpha value is -8.46. The number of aromatic nitrogens is 1. The van der Waals surface area contributed by atoms with Gasteiger partial charge in [0.25, 0.3) is 0 Å². The lowest BCUT2D eigenvalue weighted by Gasteiger charge is -2.14. The Balaban J connectivity index is 0.907. The largest absolute Gasteiger partial charge is 0.456 e. The van der Waals surface area contributed by atoms with Gasteiger partial charge in [-0.1, -0.05) is 146 Å². The average Bonchev–Trinajstić information content (AvgIpc) is 4.01. The summed E-state index contributed by atoms with van der Waals surface area (Å²) in [7, 11) is 0. The summed E-state index contributed by atoms with van der Waals surface area (Å²) in [6.45, 7) is 0. The van der Waals surface area contributed by atoms with Gasteiger partial charge in [-0.05, 0) is 165 Å². The van der Waals surface area contributed by atoms with E-state index in [4.69, 9.17) is 4.42 Å². The maximum atomic E-state index is 6.49. The molecule has 1 aliphatic rings. The topological polar surface area (TPSA) is 18.1 Å². The van der Waals surface area contributed by atoms with Crippen LogP contribution in [0.4, 0.5) is 0 Å². The standard InChI is InChI=1S/C62H35NO/c1-2-13-42(14-3-1)63-57-27-22-36-10-4-5-15-43(36)62(57)56-34-52-47-26-21-38(30-50(47)44-16-6-7-17-45(44)53(52)35-58(56)63)40-23-28-59-54(32-40)55-33-41(24-29-60(55)64-59)39-20-25-46-48-18-8-11-37-12-9-19-49(61(37)48)51(46)31-39/h1-35H. The lowest BCUT2D eigenvalue weighted by Crippen LogP contribution is -1.93. The van der Waals surface area contributed by atoms with E-state index in [1.54, 1.807) is 0 Å². The molecule has 64 heavy (non-hydrogen) atoms. The molecule has 12 aromatic carbocycles. The zero-order chi connectivity index (χ0) is 41.6. The number of para-hydroxylation sites is 1. The molecule has 0 N–H and O–H groups in total. The molecule has 0 bridgehead atoms. The van der Waals surface area contributed by atoms with Gasteiger partial charge in [0.15, 0.2) is 0 Å². The van der Waals surface area contributed by atoms with E-state index in [1.807, 2.05) is 0 Å². The summed E-state index contributed by atoms with van der Waals surface area (Å²) in [6, 6.07) is 78.6. The van der Waals surface area contributed by atoms with Crippen molar-refractivity contribution in [2.75, 3.05) is 0 Å². The van der Waals surface area contributed by atoms with E-state index >= 15 is 0 Å². The van der Waals surface area contributed by atoms with Crippen LogP contribution in [-0.4, -0.2) is 4.57 Å². The Kier molecular flexibility index (Phi) is 6.71. The molecule has 15 rings (SSSR count). The Morgan fingerprint density at radius 2 is 0.828 bits per heavy atom. The van der Waals surface area contributed by atoms with Crippen LogP contribution in [0.25, 0.3) is 148 Å². The van der Waals surface area contributed by atoms with Gasteiger partial charge in [0, 0.05) is 27.2 Å². The van der Waals surface area contributed by atoms with E-state index in [9.17, 15) is 0 Å². The quantitative estimate of drug-likeness (QED) is 0.163. The summed E-state index contributed by atoms with van der Waals surface area (Å²) in [4.78, 5) is 0. The van der Waals surface area contributed by atoms with Crippen molar-refractivity contribution in [1.29, 1.82) is 0 Å². The highest BCUT2D eigenvalue weighted by Crippen LogP contribution is 2.49. The molecule has 2 aromatic heterocycles. The molecule has 0 radical (unpaired) electrons. The van der Waals surface area contributed by atoms with Gasteiger partial charge in [-0.3, -0.25) is 0 Å². The molecule has 0 fully saturated rings. The van der Waals surface area contributed by atoms with Crippen LogP contribution in [0.3, 0.4) is 0 Å². The van der Waals surface area contributed by atoms with E-state index in [0.29, 0.717) is 0 Å². The number of furan rings is 1. The van der Waals surface area contributed by atoms with Gasteiger partial charge in [-0.15, -0.1) is 0 Å². The molecule has 0 aliphatic heterocycles. The molecule has 2 heterocycles. The van der Waals surface area contributed by atoms with Crippen molar-refractivity contribution in [3.05, 3.63) is 212 Å². The van der Waals surface area contributed by atoms with Gasteiger partial charge in [0.05, 0.1) is 11.0 Å². The molecule has 0 atom stereocenters. The van der Waals surface area contributed by atoms with E-state index in [1.165, 1.54) is 120 Å². The van der Waals surface area contributed by atoms with Crippen LogP contribution >= 0.6 is 0 Å². The lowest BCUT2D eigenvalue weighted by molar-refractivity contribution is 0.669. The Morgan fingerprint density at radius 3 is 1.58 bits per heavy atom. The minimum Gasteiger partial charge on any atom is -0.456 e. The van der Waals surface area contributed by atoms with Gasteiger partial charge in [0.1, 0.15) is 11.2 Å². The second-order valence-electron chi connectivity index (χ2n) is 17.6. The Bertz CT molecular complexity index is 4350. The molecule has 1 aliphatic carbocycles. The summed E-state index contributed by atoms with van der Waals surface area (Å²) in [5.74, 6) is 0. The summed E-state index contributed by atoms with van der Waals surface area (Å²) in [6.07, 6.45) is 0. The van der Waals surface area contributed by atoms with Gasteiger partial charge in [-0.2, -0.15) is 0 Å². The van der Waals surface area contributed by atoms with Crippen molar-refractivity contribution in [3.63, 3.8) is 0 Å². The van der Waals surface area contributed by atoms with Crippen LogP contribution in [0.15, 0.2) is 217 Å². The van der Waals surface area contributed by atoms with E-state index in [0.717, 1.165) is 27.6 Å². The Morgan fingerprint density at radius 1 is 0.266 bits per heavy atom. The van der Waals surface area contributed by atoms with Crippen molar-refractivity contribution < 1.29 is 4.42 Å². The maximum Gasteiger partial charge on any atom is 0.135 e. The molecular formula is C62H35NO. The third kappa shape index (κ3) is 4.64. The Labute approximate surface area is 367 Å². The van der Waals surface area contributed by atoms with Crippen molar-refractivity contribution in [1.82, 2.24) is 4.57 Å². The summed E-state index contributed by atoms with van der Waals surface area (Å²) < 4.78 is 8.93. The summed E-state index contributed by atoms with van der Waals surface area (Å²) in [5, 5.41) is 17.5. The number of fused-ring (bicyclic) bond motifs is 17. The minimum absolute atomic E-state index is 0.899. The fourth-order valence-corrected chi connectivity index (χ4v) is 11.4. The molecule has 0 saturated heterocycles. The number of rotatable bonds is 3. The first-order valence-electron chi connectivity index (χ1n) is 22.2. The zero-order valence-electron chi connectivity index (χ0n) is 34.6. The van der Waals surface area contributed by atoms with Gasteiger partial charge in [-0.25, -0.2) is 0 Å². The number of hydrogen-bond acceptors (Lipinski definition) is 1. The van der Waals surface area contributed by atoms with Gasteiger partial charge < -0.3 is 8.98 Å². The first-order valence-corrected chi connectivity index (χ1v) is 22.2. The molecule has 0 saturated carbocycles. The van der Waals surface area contributed by atoms with Crippen molar-refractivity contribution in [3.8, 4) is 50.2 Å². The van der Waals surface area contributed by atoms with Crippen molar-refractivity contribution in [2.24, 2.45) is 0 Å². The van der Waals surface area contributed by atoms with E-state index in [2.05, 4.69) is 217 Å². The normalized spacial score (nSPS) is 12.4. The highest BCUT2D eigenvalue weighted by atomic mass is 16.3. The fourth-order valence-electron chi connectivity index (χ4n) is 11.4. The first kappa shape index (κ1) is 34.2. The van der Waals surface area contributed by atoms with Crippen molar-refractivity contribution >= 4 is 97.6 Å². The fraction of sp³-hybridized carbons (Fsp3) is 0. The maximum absolute atomic E-state index is 6.49. The second kappa shape index (κ2) is 12.6. The SMILES string of the molecule is c1ccc(-n2c3cc4c5ccccc5c5cc(-c6ccc7oc8ccc(-c9ccc%10c(c9)-c9cccc%11cccc-%10c9%11)cc8c7c6)ccc5c4cc3c3c4ccccc4ccc32)cc1. The zero-order valence-corrected chi connectivity index (χ0v) is 34.6. The van der Waals surface area contributed by atoms with Crippen LogP contribution in [0, 0.1) is 0 Å². The molecule has 294 valence electrons. The van der Waals surface area contributed by atoms with Gasteiger partial charge in [0.2, 0.25) is 0 Å². The number of nitrogens with zero attached hydrogens (tertiary/aromatic N) is 1. The van der Waals surface area contributed by atoms with E-state index < -0.39 is 0 Å². The number of benzene rings is 12. The van der Waals surface area contributed by atoms with Crippen LogP contribution < -0.4 is 0 Å². The lowest BCUT2D eigenvalue weighted by atomic mass is 9.90. The molecule has 2 heteroatoms. The minimum atomic E-state index is 0.899. The predicted octanol–water partition coefficient (Wildman–Crippen LogP) is 17.4. The van der Waals surface area contributed by atoms with Crippen LogP contribution in [-0.2, 0) is 0 Å². The molecule has 0 amide bonds. The van der Waals surface area contributed by atoms with Crippen LogP contribution in [0.5, 0.6) is 0 Å². The highest BCUT2D eigenvalue weighted by molar-refractivity contribution is 6.31. The average molecular weight is 810 g/mol. The smallest absolute Gasteiger partial charge is 0.135 e. The molecular weight excluding hydrogens is 775 g/mol. The van der Waals surface area contributed by atoms with E-state index in [-0.39, 0.29) is 0 Å². The molecule has 14 aromatic rings. The second-order valence-corrected chi connectivity index (χ2v) is 17.6. The predicted molar refractivity (Wildman–Crippen MR) is 271 cm³/mol.